The number of halogens is 4. The van der Waals surface area contributed by atoms with Crippen molar-refractivity contribution in [2.24, 2.45) is 0 Å². The van der Waals surface area contributed by atoms with E-state index in [2.05, 4.69) is 63.7 Å². The molecule has 8 nitrogen and oxygen atoms in total. The molecule has 0 saturated carbocycles. The Hall–Kier alpha value is -5.40. The highest BCUT2D eigenvalue weighted by Gasteiger charge is 2.48. The number of hydrogen-bond acceptors (Lipinski definition) is 4. The molecule has 0 fully saturated rings. The van der Waals surface area contributed by atoms with E-state index in [1.54, 1.807) is 97.1 Å². The first kappa shape index (κ1) is 40.8. The Kier molecular flexibility index (Phi) is 11.6. The molecule has 0 bridgehead atoms. The lowest BCUT2D eigenvalue weighted by atomic mass is 9.76. The highest BCUT2D eigenvalue weighted by Crippen LogP contribution is 2.61. The quantitative estimate of drug-likeness (QED) is 0.0991. The van der Waals surface area contributed by atoms with Gasteiger partial charge in [-0.1, -0.05) is 98.6 Å². The predicted octanol–water partition coefficient (Wildman–Crippen LogP) is 12.5. The zero-order valence-electron chi connectivity index (χ0n) is 29.8. The van der Waals surface area contributed by atoms with Crippen LogP contribution in [0.3, 0.4) is 0 Å². The van der Waals surface area contributed by atoms with Gasteiger partial charge in [0.05, 0.1) is 31.4 Å². The van der Waals surface area contributed by atoms with E-state index in [9.17, 15) is 39.6 Å². The van der Waals surface area contributed by atoms with E-state index in [1.165, 1.54) is 0 Å². The number of rotatable bonds is 10. The smallest absolute Gasteiger partial charge is 0.335 e. The van der Waals surface area contributed by atoms with Gasteiger partial charge in [0.15, 0.2) is 0 Å². The van der Waals surface area contributed by atoms with Crippen molar-refractivity contribution in [3.05, 3.63) is 187 Å². The van der Waals surface area contributed by atoms with Crippen molar-refractivity contribution in [2.45, 2.75) is 9.15 Å². The fraction of sp³-hybridized carbons (Fsp3) is 0.0435. The van der Waals surface area contributed by atoms with Crippen LogP contribution in [0.4, 0.5) is 0 Å². The van der Waals surface area contributed by atoms with Gasteiger partial charge in [-0.25, -0.2) is 19.2 Å². The van der Waals surface area contributed by atoms with Crippen LogP contribution >= 0.6 is 63.7 Å². The van der Waals surface area contributed by atoms with Gasteiger partial charge in [-0.15, -0.1) is 0 Å². The molecule has 58 heavy (non-hydrogen) atoms. The number of alkyl halides is 2. The lowest BCUT2D eigenvalue weighted by Gasteiger charge is -2.42. The summed E-state index contributed by atoms with van der Waals surface area (Å²) < 4.78 is 0.353. The maximum atomic E-state index is 11.9. The van der Waals surface area contributed by atoms with Gasteiger partial charge in [0.25, 0.3) is 0 Å². The molecular formula is C46H28Br4O8. The molecule has 1 aliphatic carbocycles. The van der Waals surface area contributed by atoms with Gasteiger partial charge in [0.1, 0.15) is 0 Å². The minimum absolute atomic E-state index is 0.121. The fourth-order valence-electron chi connectivity index (χ4n) is 6.97. The third kappa shape index (κ3) is 7.77. The molecule has 1 aliphatic rings. The summed E-state index contributed by atoms with van der Waals surface area (Å²) in [4.78, 5) is 46.3. The molecule has 0 radical (unpaired) electrons. The SMILES string of the molecule is O=C(O)c1ccc(-c2cccc(C3=C(Br)C(Br)=C(c4cc(-c5ccc(C(=O)O)cc5)cc(-c5ccc(C(=O)O)cc5)c4)C(Br)C3(Br)c3ccc(C(=O)O)cc3)c2)cc1. The topological polar surface area (TPSA) is 149 Å². The maximum absolute atomic E-state index is 11.9. The van der Waals surface area contributed by atoms with Gasteiger partial charge in [-0.3, -0.25) is 0 Å². The van der Waals surface area contributed by atoms with Crippen molar-refractivity contribution in [3.8, 4) is 33.4 Å². The number of carboxylic acid groups (broad SMARTS) is 4. The van der Waals surface area contributed by atoms with E-state index in [0.29, 0.717) is 8.96 Å². The molecule has 0 saturated heterocycles. The second-order valence-corrected chi connectivity index (χ2v) is 17.2. The number of hydrogen-bond donors (Lipinski definition) is 4. The van der Waals surface area contributed by atoms with Crippen molar-refractivity contribution >= 4 is 98.7 Å². The molecule has 0 spiro atoms. The Morgan fingerprint density at radius 2 is 0.776 bits per heavy atom. The Labute approximate surface area is 365 Å². The number of aromatic carboxylic acids is 4. The molecule has 6 aromatic rings. The summed E-state index contributed by atoms with van der Waals surface area (Å²) in [5.74, 6) is -4.17. The number of allylic oxidation sites excluding steroid dienone is 4. The van der Waals surface area contributed by atoms with Crippen LogP contribution in [0.1, 0.15) is 58.1 Å². The molecule has 0 aromatic heterocycles. The van der Waals surface area contributed by atoms with E-state index in [0.717, 1.165) is 61.2 Å². The van der Waals surface area contributed by atoms with Crippen LogP contribution in [-0.2, 0) is 4.32 Å². The van der Waals surface area contributed by atoms with Crippen LogP contribution < -0.4 is 0 Å². The van der Waals surface area contributed by atoms with Gasteiger partial charge in [-0.2, -0.15) is 0 Å². The van der Waals surface area contributed by atoms with Crippen LogP contribution in [0.25, 0.3) is 44.5 Å². The molecule has 7 rings (SSSR count). The zero-order chi connectivity index (χ0) is 41.5. The second kappa shape index (κ2) is 16.5. The van der Waals surface area contributed by atoms with Crippen LogP contribution in [0, 0.1) is 0 Å². The summed E-state index contributed by atoms with van der Waals surface area (Å²) in [5.41, 5.74) is 9.25. The molecule has 2 unspecified atom stereocenters. The summed E-state index contributed by atoms with van der Waals surface area (Å²) in [6, 6.07) is 40.2. The summed E-state index contributed by atoms with van der Waals surface area (Å²) in [5, 5.41) is 38.4. The average molecular weight is 1030 g/mol. The molecule has 6 aromatic carbocycles. The summed E-state index contributed by atoms with van der Waals surface area (Å²) in [6.07, 6.45) is 0. The minimum Gasteiger partial charge on any atom is -0.478 e. The molecule has 288 valence electrons. The molecule has 4 N–H and O–H groups in total. The Morgan fingerprint density at radius 3 is 1.19 bits per heavy atom. The fourth-order valence-corrected chi connectivity index (χ4v) is 10.9. The second-order valence-electron chi connectivity index (χ2n) is 13.4. The highest BCUT2D eigenvalue weighted by atomic mass is 79.9. The van der Waals surface area contributed by atoms with Gasteiger partial charge in [-0.05, 0) is 166 Å². The summed E-state index contributed by atoms with van der Waals surface area (Å²) in [6.45, 7) is 0. The van der Waals surface area contributed by atoms with E-state index in [4.69, 9.17) is 0 Å². The minimum atomic E-state index is -1.06. The first-order chi connectivity index (χ1) is 27.7. The Bertz CT molecular complexity index is 2630. The largest absolute Gasteiger partial charge is 0.478 e. The van der Waals surface area contributed by atoms with Crippen LogP contribution in [0.15, 0.2) is 148 Å². The van der Waals surface area contributed by atoms with Crippen molar-refractivity contribution in [1.82, 2.24) is 0 Å². The molecule has 2 atom stereocenters. The standard InChI is InChI=1S/C46H28Br4O8/c47-39-37(35-22-33(25-6-12-28(13-7-25)43(53)54)21-34(23-35)26-8-14-29(15-9-26)44(55)56)41(49)46(50,36-18-16-30(17-19-36)45(57)58)38(40(39)48)32-3-1-2-31(20-32)24-4-10-27(11-5-24)42(51)52/h1-23,41H,(H,51,52)(H,53,54)(H,55,56)(H,57,58). The third-order valence-electron chi connectivity index (χ3n) is 9.96. The highest BCUT2D eigenvalue weighted by molar-refractivity contribution is 9.15. The molecular weight excluding hydrogens is 1000 g/mol. The summed E-state index contributed by atoms with van der Waals surface area (Å²) >= 11 is 16.2. The maximum Gasteiger partial charge on any atom is 0.335 e. The van der Waals surface area contributed by atoms with Gasteiger partial charge < -0.3 is 20.4 Å². The summed E-state index contributed by atoms with van der Waals surface area (Å²) in [7, 11) is 0. The molecule has 12 heteroatoms. The van der Waals surface area contributed by atoms with Crippen LogP contribution in [0.2, 0.25) is 0 Å². The van der Waals surface area contributed by atoms with E-state index < -0.39 is 33.0 Å². The van der Waals surface area contributed by atoms with Crippen molar-refractivity contribution in [2.75, 3.05) is 0 Å². The van der Waals surface area contributed by atoms with Crippen molar-refractivity contribution in [3.63, 3.8) is 0 Å². The predicted molar refractivity (Wildman–Crippen MR) is 238 cm³/mol. The van der Waals surface area contributed by atoms with E-state index in [-0.39, 0.29) is 22.3 Å². The van der Waals surface area contributed by atoms with Gasteiger partial charge in [0, 0.05) is 8.96 Å². The Morgan fingerprint density at radius 1 is 0.431 bits per heavy atom. The van der Waals surface area contributed by atoms with Crippen molar-refractivity contribution in [1.29, 1.82) is 0 Å². The van der Waals surface area contributed by atoms with Crippen molar-refractivity contribution < 1.29 is 39.6 Å². The van der Waals surface area contributed by atoms with Crippen LogP contribution in [0.5, 0.6) is 0 Å². The average Bonchev–Trinajstić information content (AvgIpc) is 3.23. The van der Waals surface area contributed by atoms with Gasteiger partial charge in [0.2, 0.25) is 0 Å². The molecule has 0 heterocycles. The number of carboxylic acids is 4. The Balaban J connectivity index is 1.47. The van der Waals surface area contributed by atoms with E-state index >= 15 is 0 Å². The molecule has 0 aliphatic heterocycles. The molecule has 0 amide bonds. The van der Waals surface area contributed by atoms with Gasteiger partial charge >= 0.3 is 23.9 Å². The monoisotopic (exact) mass is 1020 g/mol. The van der Waals surface area contributed by atoms with Crippen LogP contribution in [-0.4, -0.2) is 49.1 Å². The zero-order valence-corrected chi connectivity index (χ0v) is 36.1. The van der Waals surface area contributed by atoms with E-state index in [1.807, 2.05) is 42.5 Å². The lowest BCUT2D eigenvalue weighted by Crippen LogP contribution is -2.35. The number of benzene rings is 6. The third-order valence-corrected chi connectivity index (χ3v) is 15.2. The number of carbonyl (C=O) groups is 4. The first-order valence-electron chi connectivity index (χ1n) is 17.4. The first-order valence-corrected chi connectivity index (χ1v) is 20.7. The lowest BCUT2D eigenvalue weighted by molar-refractivity contribution is 0.0686. The normalized spacial score (nSPS) is 16.6.